The minimum absolute atomic E-state index is 0.0359. The molecule has 0 atom stereocenters. The van der Waals surface area contributed by atoms with Crippen LogP contribution in [-0.2, 0) is 4.79 Å². The number of hydrogen-bond donors (Lipinski definition) is 0. The fraction of sp³-hybridized carbons (Fsp3) is 0.167. The van der Waals surface area contributed by atoms with E-state index in [9.17, 15) is 9.59 Å². The summed E-state index contributed by atoms with van der Waals surface area (Å²) in [5, 5.41) is 0.407. The maximum Gasteiger partial charge on any atom is 0.308 e. The zero-order chi connectivity index (χ0) is 11.7. The van der Waals surface area contributed by atoms with Gasteiger partial charge in [0.2, 0.25) is 11.2 Å². The standard InChI is InChI=1S/C12H10O4/c1-7-12(16-8(2)13)11(14)9-5-3-4-6-10(9)15-7/h3-6H,1-2H3. The fourth-order valence-corrected chi connectivity index (χ4v) is 1.50. The predicted octanol–water partition coefficient (Wildman–Crippen LogP) is 2.03. The van der Waals surface area contributed by atoms with Crippen molar-refractivity contribution in [3.8, 4) is 5.75 Å². The van der Waals surface area contributed by atoms with Gasteiger partial charge in [-0.05, 0) is 19.1 Å². The molecule has 4 nitrogen and oxygen atoms in total. The SMILES string of the molecule is CC(=O)Oc1c(C)oc2ccccc2c1=O. The zero-order valence-corrected chi connectivity index (χ0v) is 8.94. The van der Waals surface area contributed by atoms with Crippen LogP contribution in [0.25, 0.3) is 11.0 Å². The van der Waals surface area contributed by atoms with Crippen molar-refractivity contribution in [2.75, 3.05) is 0 Å². The Bertz CT molecular complexity index is 610. The summed E-state index contributed by atoms with van der Waals surface area (Å²) in [7, 11) is 0. The van der Waals surface area contributed by atoms with Crippen molar-refractivity contribution in [1.29, 1.82) is 0 Å². The van der Waals surface area contributed by atoms with Crippen LogP contribution in [-0.4, -0.2) is 5.97 Å². The van der Waals surface area contributed by atoms with Gasteiger partial charge in [0.15, 0.2) is 0 Å². The number of carbonyl (C=O) groups excluding carboxylic acids is 1. The van der Waals surface area contributed by atoms with Crippen molar-refractivity contribution in [3.05, 3.63) is 40.2 Å². The number of para-hydroxylation sites is 1. The van der Waals surface area contributed by atoms with Crippen LogP contribution in [0.3, 0.4) is 0 Å². The van der Waals surface area contributed by atoms with Crippen LogP contribution in [0.2, 0.25) is 0 Å². The molecule has 82 valence electrons. The van der Waals surface area contributed by atoms with Gasteiger partial charge in [-0.2, -0.15) is 0 Å². The lowest BCUT2D eigenvalue weighted by molar-refractivity contribution is -0.132. The van der Waals surface area contributed by atoms with E-state index in [4.69, 9.17) is 9.15 Å². The molecule has 1 aromatic heterocycles. The Morgan fingerprint density at radius 2 is 2.00 bits per heavy atom. The minimum atomic E-state index is -0.536. The summed E-state index contributed by atoms with van der Waals surface area (Å²) in [5.41, 5.74) is 0.162. The summed E-state index contributed by atoms with van der Waals surface area (Å²) in [5.74, 6) is -0.268. The molecule has 0 aliphatic carbocycles. The van der Waals surface area contributed by atoms with E-state index in [1.54, 1.807) is 31.2 Å². The minimum Gasteiger partial charge on any atom is -0.457 e. The molecule has 2 aromatic rings. The number of benzene rings is 1. The highest BCUT2D eigenvalue weighted by Crippen LogP contribution is 2.19. The van der Waals surface area contributed by atoms with E-state index in [1.807, 2.05) is 0 Å². The quantitative estimate of drug-likeness (QED) is 0.687. The Balaban J connectivity index is 2.76. The van der Waals surface area contributed by atoms with E-state index in [-0.39, 0.29) is 11.2 Å². The number of ether oxygens (including phenoxy) is 1. The summed E-state index contributed by atoms with van der Waals surface area (Å²) in [6, 6.07) is 6.83. The first-order chi connectivity index (χ1) is 7.59. The largest absolute Gasteiger partial charge is 0.457 e. The highest BCUT2D eigenvalue weighted by molar-refractivity contribution is 5.79. The molecule has 0 fully saturated rings. The van der Waals surface area contributed by atoms with Crippen LogP contribution in [0.4, 0.5) is 0 Å². The third-order valence-electron chi connectivity index (χ3n) is 2.17. The average Bonchev–Trinajstić information content (AvgIpc) is 2.24. The third kappa shape index (κ3) is 1.69. The zero-order valence-electron chi connectivity index (χ0n) is 8.94. The van der Waals surface area contributed by atoms with Crippen molar-refractivity contribution in [2.24, 2.45) is 0 Å². The van der Waals surface area contributed by atoms with Gasteiger partial charge in [0, 0.05) is 6.92 Å². The number of fused-ring (bicyclic) bond motifs is 1. The summed E-state index contributed by atoms with van der Waals surface area (Å²) in [6.45, 7) is 2.83. The molecule has 0 unspecified atom stereocenters. The van der Waals surface area contributed by atoms with Crippen LogP contribution >= 0.6 is 0 Å². The molecule has 0 N–H and O–H groups in total. The molecular formula is C12H10O4. The molecule has 1 aromatic carbocycles. The van der Waals surface area contributed by atoms with Gasteiger partial charge in [-0.3, -0.25) is 9.59 Å². The van der Waals surface area contributed by atoms with Gasteiger partial charge < -0.3 is 9.15 Å². The molecule has 0 bridgehead atoms. The van der Waals surface area contributed by atoms with Crippen LogP contribution in [0.15, 0.2) is 33.5 Å². The topological polar surface area (TPSA) is 56.5 Å². The Morgan fingerprint density at radius 3 is 2.69 bits per heavy atom. The molecule has 2 rings (SSSR count). The van der Waals surface area contributed by atoms with E-state index in [1.165, 1.54) is 6.92 Å². The normalized spacial score (nSPS) is 10.4. The smallest absolute Gasteiger partial charge is 0.308 e. The number of rotatable bonds is 1. The first-order valence-electron chi connectivity index (χ1n) is 4.80. The molecule has 0 saturated heterocycles. The van der Waals surface area contributed by atoms with Gasteiger partial charge in [0.1, 0.15) is 11.3 Å². The van der Waals surface area contributed by atoms with E-state index in [0.29, 0.717) is 16.7 Å². The Morgan fingerprint density at radius 1 is 1.31 bits per heavy atom. The van der Waals surface area contributed by atoms with Gasteiger partial charge in [-0.25, -0.2) is 0 Å². The molecule has 1 heterocycles. The summed E-state index contributed by atoms with van der Waals surface area (Å²) >= 11 is 0. The molecular weight excluding hydrogens is 208 g/mol. The summed E-state index contributed by atoms with van der Waals surface area (Å²) in [6.07, 6.45) is 0. The van der Waals surface area contributed by atoms with Crippen molar-refractivity contribution >= 4 is 16.9 Å². The van der Waals surface area contributed by atoms with Gasteiger partial charge in [0.25, 0.3) is 0 Å². The number of carbonyl (C=O) groups is 1. The number of aryl methyl sites for hydroxylation is 1. The molecule has 0 radical (unpaired) electrons. The summed E-state index contributed by atoms with van der Waals surface area (Å²) < 4.78 is 10.2. The molecule has 0 spiro atoms. The maximum absolute atomic E-state index is 11.9. The highest BCUT2D eigenvalue weighted by Gasteiger charge is 2.13. The van der Waals surface area contributed by atoms with Crippen LogP contribution in [0.5, 0.6) is 5.75 Å². The lowest BCUT2D eigenvalue weighted by Crippen LogP contribution is -2.13. The molecule has 16 heavy (non-hydrogen) atoms. The second kappa shape index (κ2) is 3.81. The van der Waals surface area contributed by atoms with Gasteiger partial charge in [-0.1, -0.05) is 12.1 Å². The summed E-state index contributed by atoms with van der Waals surface area (Å²) in [4.78, 5) is 22.8. The van der Waals surface area contributed by atoms with Crippen molar-refractivity contribution in [1.82, 2.24) is 0 Å². The van der Waals surface area contributed by atoms with Gasteiger partial charge in [0.05, 0.1) is 5.39 Å². The molecule has 0 aliphatic rings. The van der Waals surface area contributed by atoms with E-state index in [0.717, 1.165) is 0 Å². The lowest BCUT2D eigenvalue weighted by Gasteiger charge is -2.05. The number of hydrogen-bond acceptors (Lipinski definition) is 4. The Hall–Kier alpha value is -2.10. The van der Waals surface area contributed by atoms with Gasteiger partial charge in [-0.15, -0.1) is 0 Å². The van der Waals surface area contributed by atoms with Crippen LogP contribution in [0, 0.1) is 6.92 Å². The first-order valence-corrected chi connectivity index (χ1v) is 4.80. The Labute approximate surface area is 91.4 Å². The van der Waals surface area contributed by atoms with E-state index in [2.05, 4.69) is 0 Å². The van der Waals surface area contributed by atoms with E-state index < -0.39 is 5.97 Å². The average molecular weight is 218 g/mol. The van der Waals surface area contributed by atoms with Gasteiger partial charge >= 0.3 is 5.97 Å². The lowest BCUT2D eigenvalue weighted by atomic mass is 10.2. The molecule has 0 saturated carbocycles. The molecule has 0 aliphatic heterocycles. The van der Waals surface area contributed by atoms with Crippen molar-refractivity contribution in [2.45, 2.75) is 13.8 Å². The van der Waals surface area contributed by atoms with Crippen molar-refractivity contribution in [3.63, 3.8) is 0 Å². The maximum atomic E-state index is 11.9. The van der Waals surface area contributed by atoms with Crippen LogP contribution < -0.4 is 10.2 Å². The predicted molar refractivity (Wildman–Crippen MR) is 58.5 cm³/mol. The third-order valence-corrected chi connectivity index (χ3v) is 2.17. The van der Waals surface area contributed by atoms with Crippen LogP contribution in [0.1, 0.15) is 12.7 Å². The first kappa shape index (κ1) is 10.4. The fourth-order valence-electron chi connectivity index (χ4n) is 1.50. The molecule has 0 amide bonds. The molecule has 4 heteroatoms. The Kier molecular flexibility index (Phi) is 2.48. The number of esters is 1. The second-order valence-electron chi connectivity index (χ2n) is 3.41. The second-order valence-corrected chi connectivity index (χ2v) is 3.41. The van der Waals surface area contributed by atoms with E-state index >= 15 is 0 Å². The monoisotopic (exact) mass is 218 g/mol. The van der Waals surface area contributed by atoms with Crippen molar-refractivity contribution < 1.29 is 13.9 Å². The highest BCUT2D eigenvalue weighted by atomic mass is 16.5.